The number of aromatic nitrogens is 5. The highest BCUT2D eigenvalue weighted by Gasteiger charge is 2.20. The number of anilines is 3. The van der Waals surface area contributed by atoms with Crippen LogP contribution in [0, 0.1) is 18.8 Å². The lowest BCUT2D eigenvalue weighted by Gasteiger charge is -2.23. The molecule has 2 amide bonds. The summed E-state index contributed by atoms with van der Waals surface area (Å²) in [6.45, 7) is 7.62. The van der Waals surface area contributed by atoms with Crippen LogP contribution < -0.4 is 16.0 Å². The first-order valence-corrected chi connectivity index (χ1v) is 14.1. The lowest BCUT2D eigenvalue weighted by molar-refractivity contribution is -0.135. The van der Waals surface area contributed by atoms with Gasteiger partial charge in [-0.1, -0.05) is 24.8 Å². The van der Waals surface area contributed by atoms with Crippen LogP contribution >= 0.6 is 0 Å². The molecule has 3 rings (SSSR count). The van der Waals surface area contributed by atoms with Gasteiger partial charge in [0.1, 0.15) is 11.9 Å². The minimum Gasteiger partial charge on any atom is -0.369 e. The van der Waals surface area contributed by atoms with E-state index in [2.05, 4.69) is 54.8 Å². The molecule has 0 radical (unpaired) electrons. The number of likely N-dealkylation sites (N-methyl/N-ethyl adjacent to an activating group) is 2. The molecule has 0 aliphatic carbocycles. The van der Waals surface area contributed by atoms with Crippen LogP contribution in [0.2, 0.25) is 0 Å². The summed E-state index contributed by atoms with van der Waals surface area (Å²) in [6, 6.07) is 1.41. The number of carbonyl (C=O) groups is 2. The largest absolute Gasteiger partial charge is 0.369 e. The van der Waals surface area contributed by atoms with Gasteiger partial charge >= 0.3 is 0 Å². The second-order valence-electron chi connectivity index (χ2n) is 10.3. The Kier molecular flexibility index (Phi) is 11.8. The molecular formula is C30H42N10O2. The summed E-state index contributed by atoms with van der Waals surface area (Å²) in [7, 11) is 7.35. The molecule has 0 aromatic carbocycles. The van der Waals surface area contributed by atoms with Crippen molar-refractivity contribution in [1.82, 2.24) is 39.8 Å². The number of hydrogen-bond donors (Lipinski definition) is 3. The van der Waals surface area contributed by atoms with E-state index in [0.29, 0.717) is 43.3 Å². The monoisotopic (exact) mass is 574 g/mol. The van der Waals surface area contributed by atoms with Gasteiger partial charge in [0, 0.05) is 51.6 Å². The molecule has 42 heavy (non-hydrogen) atoms. The van der Waals surface area contributed by atoms with Crippen LogP contribution in [0.4, 0.5) is 17.5 Å². The lowest BCUT2D eigenvalue weighted by atomic mass is 10.2. The Balaban J connectivity index is 1.54. The lowest BCUT2D eigenvalue weighted by Crippen LogP contribution is -2.45. The topological polar surface area (TPSA) is 133 Å². The van der Waals surface area contributed by atoms with Gasteiger partial charge in [-0.15, -0.1) is 0 Å². The molecule has 3 heterocycles. The molecule has 12 nitrogen and oxygen atoms in total. The van der Waals surface area contributed by atoms with Gasteiger partial charge in [-0.25, -0.2) is 9.97 Å². The second-order valence-corrected chi connectivity index (χ2v) is 10.3. The van der Waals surface area contributed by atoms with Crippen LogP contribution in [0.3, 0.4) is 0 Å². The summed E-state index contributed by atoms with van der Waals surface area (Å²) in [6.07, 6.45) is 8.90. The highest BCUT2D eigenvalue weighted by molar-refractivity contribution is 5.92. The minimum atomic E-state index is -0.574. The van der Waals surface area contributed by atoms with E-state index in [1.54, 1.807) is 37.1 Å². The van der Waals surface area contributed by atoms with Gasteiger partial charge in [-0.05, 0) is 46.9 Å². The number of hydrogen-bond acceptors (Lipinski definition) is 9. The molecule has 12 heteroatoms. The normalized spacial score (nSPS) is 11.8. The van der Waals surface area contributed by atoms with Gasteiger partial charge in [0.25, 0.3) is 0 Å². The van der Waals surface area contributed by atoms with Crippen LogP contribution in [0.1, 0.15) is 44.4 Å². The Morgan fingerprint density at radius 3 is 2.69 bits per heavy atom. The van der Waals surface area contributed by atoms with Crippen molar-refractivity contribution < 1.29 is 9.59 Å². The summed E-state index contributed by atoms with van der Waals surface area (Å²) < 4.78 is 1.76. The Morgan fingerprint density at radius 2 is 1.95 bits per heavy atom. The molecule has 0 bridgehead atoms. The maximum atomic E-state index is 12.5. The zero-order chi connectivity index (χ0) is 30.6. The highest BCUT2D eigenvalue weighted by Crippen LogP contribution is 2.22. The van der Waals surface area contributed by atoms with E-state index in [0.717, 1.165) is 35.4 Å². The number of amides is 2. The first-order chi connectivity index (χ1) is 20.1. The van der Waals surface area contributed by atoms with Gasteiger partial charge in [0.2, 0.25) is 17.8 Å². The van der Waals surface area contributed by atoms with Gasteiger partial charge in [-0.3, -0.25) is 14.3 Å². The molecule has 3 N–H and O–H groups in total. The number of nitrogens with one attached hydrogen (secondary N) is 3. The molecule has 0 aliphatic rings. The number of rotatable bonds is 13. The third-order valence-corrected chi connectivity index (χ3v) is 6.49. The van der Waals surface area contributed by atoms with Crippen LogP contribution in [0.15, 0.2) is 30.6 Å². The fourth-order valence-corrected chi connectivity index (χ4v) is 3.96. The standard InChI is InChI=1S/C30H42N10O2/c1-8-15-31-27-23(19-34-30(36-27)35-24-18-25-21(2)37-40(7)28(25)33-20-24)13-10-9-11-16-32-29(42)22(3)39(6)26(41)14-12-17-38(4)5/h12,14,18-20,22H,8-9,11,15-17H2,1-7H3,(H,32,42)(H2,31,34,35,36)/b14-12+/t22-/m0/s1. The average molecular weight is 575 g/mol. The molecule has 3 aromatic rings. The van der Waals surface area contributed by atoms with Crippen molar-refractivity contribution in [2.45, 2.75) is 46.1 Å². The highest BCUT2D eigenvalue weighted by atomic mass is 16.2. The molecule has 0 aliphatic heterocycles. The van der Waals surface area contributed by atoms with E-state index in [9.17, 15) is 9.59 Å². The van der Waals surface area contributed by atoms with E-state index in [4.69, 9.17) is 0 Å². The van der Waals surface area contributed by atoms with Gasteiger partial charge in [0.15, 0.2) is 5.65 Å². The van der Waals surface area contributed by atoms with Crippen molar-refractivity contribution in [3.63, 3.8) is 0 Å². The Morgan fingerprint density at radius 1 is 1.17 bits per heavy atom. The van der Waals surface area contributed by atoms with Gasteiger partial charge < -0.3 is 25.8 Å². The quantitative estimate of drug-likeness (QED) is 0.160. The van der Waals surface area contributed by atoms with E-state index in [1.165, 1.54) is 11.0 Å². The predicted octanol–water partition coefficient (Wildman–Crippen LogP) is 2.84. The van der Waals surface area contributed by atoms with Crippen molar-refractivity contribution in [2.24, 2.45) is 7.05 Å². The molecule has 0 unspecified atom stereocenters. The molecule has 3 aromatic heterocycles. The van der Waals surface area contributed by atoms with Crippen molar-refractivity contribution in [3.8, 4) is 11.8 Å². The van der Waals surface area contributed by atoms with E-state index in [-0.39, 0.29) is 11.8 Å². The van der Waals surface area contributed by atoms with Gasteiger partial charge in [-0.2, -0.15) is 10.1 Å². The predicted molar refractivity (Wildman–Crippen MR) is 166 cm³/mol. The van der Waals surface area contributed by atoms with Crippen LogP contribution in [0.25, 0.3) is 11.0 Å². The van der Waals surface area contributed by atoms with E-state index < -0.39 is 6.04 Å². The summed E-state index contributed by atoms with van der Waals surface area (Å²) in [4.78, 5) is 41.8. The van der Waals surface area contributed by atoms with E-state index in [1.807, 2.05) is 39.0 Å². The summed E-state index contributed by atoms with van der Waals surface area (Å²) in [5.41, 5.74) is 3.19. The van der Waals surface area contributed by atoms with Crippen LogP contribution in [0.5, 0.6) is 0 Å². The maximum absolute atomic E-state index is 12.5. The first-order valence-electron chi connectivity index (χ1n) is 14.1. The second kappa shape index (κ2) is 15.5. The number of unbranched alkanes of at least 4 members (excludes halogenated alkanes) is 1. The molecule has 0 spiro atoms. The zero-order valence-electron chi connectivity index (χ0n) is 25.7. The van der Waals surface area contributed by atoms with Crippen molar-refractivity contribution >= 4 is 40.3 Å². The minimum absolute atomic E-state index is 0.199. The third-order valence-electron chi connectivity index (χ3n) is 6.49. The van der Waals surface area contributed by atoms with Crippen LogP contribution in [-0.4, -0.2) is 93.2 Å². The zero-order valence-corrected chi connectivity index (χ0v) is 25.7. The van der Waals surface area contributed by atoms with Gasteiger partial charge in [0.05, 0.1) is 29.3 Å². The van der Waals surface area contributed by atoms with E-state index >= 15 is 0 Å². The molecular weight excluding hydrogens is 532 g/mol. The van der Waals surface area contributed by atoms with Crippen LogP contribution in [-0.2, 0) is 16.6 Å². The number of pyridine rings is 1. The maximum Gasteiger partial charge on any atom is 0.246 e. The summed E-state index contributed by atoms with van der Waals surface area (Å²) in [5.74, 6) is 7.00. The number of fused-ring (bicyclic) bond motifs is 1. The summed E-state index contributed by atoms with van der Waals surface area (Å²) in [5, 5.41) is 14.8. The molecule has 1 atom stereocenters. The van der Waals surface area contributed by atoms with Crippen molar-refractivity contribution in [3.05, 3.63) is 41.9 Å². The Labute approximate surface area is 248 Å². The van der Waals surface area contributed by atoms with Crippen molar-refractivity contribution in [2.75, 3.05) is 51.4 Å². The molecule has 224 valence electrons. The first kappa shape index (κ1) is 32.0. The number of nitrogens with zero attached hydrogens (tertiary/aromatic N) is 7. The molecule has 0 fully saturated rings. The SMILES string of the molecule is CCCNc1nc(Nc2cnc3c(c2)c(C)nn3C)ncc1C#CCCCNC(=O)[C@H](C)N(C)C(=O)/C=C/CN(C)C. The number of carbonyl (C=O) groups excluding carboxylic acids is 2. The fraction of sp³-hybridized carbons (Fsp3) is 0.467. The smallest absolute Gasteiger partial charge is 0.246 e. The van der Waals surface area contributed by atoms with Crippen molar-refractivity contribution in [1.29, 1.82) is 0 Å². The molecule has 0 saturated heterocycles. The number of aryl methyl sites for hydroxylation is 2. The third kappa shape index (κ3) is 9.01. The fourth-order valence-electron chi connectivity index (χ4n) is 3.96. The Bertz CT molecular complexity index is 1470. The average Bonchev–Trinajstić information content (AvgIpc) is 3.25. The molecule has 0 saturated carbocycles. The summed E-state index contributed by atoms with van der Waals surface area (Å²) >= 11 is 0. The Hall–Kier alpha value is -4.50.